The summed E-state index contributed by atoms with van der Waals surface area (Å²) in [4.78, 5) is 24.5. The Hall–Kier alpha value is -1.32. The van der Waals surface area contributed by atoms with Crippen molar-refractivity contribution in [3.05, 3.63) is 39.9 Å². The topological polar surface area (TPSA) is 37.4 Å². The summed E-state index contributed by atoms with van der Waals surface area (Å²) in [5.74, 6) is -0.776. The van der Waals surface area contributed by atoms with E-state index in [1.165, 1.54) is 0 Å². The summed E-state index contributed by atoms with van der Waals surface area (Å²) in [6.45, 7) is 4.13. The predicted octanol–water partition coefficient (Wildman–Crippen LogP) is 3.37. The van der Waals surface area contributed by atoms with Crippen molar-refractivity contribution in [2.24, 2.45) is 0 Å². The first-order chi connectivity index (χ1) is 8.43. The molecule has 2 amide bonds. The van der Waals surface area contributed by atoms with Gasteiger partial charge in [0.15, 0.2) is 0 Å². The van der Waals surface area contributed by atoms with Crippen LogP contribution in [0.2, 0.25) is 0 Å². The third-order valence-corrected chi connectivity index (χ3v) is 3.59. The summed E-state index contributed by atoms with van der Waals surface area (Å²) in [6, 6.07) is 7.18. The lowest BCUT2D eigenvalue weighted by Crippen LogP contribution is -2.30. The maximum Gasteiger partial charge on any atom is 0.278 e. The zero-order valence-corrected chi connectivity index (χ0v) is 11.4. The minimum Gasteiger partial charge on any atom is -0.267 e. The van der Waals surface area contributed by atoms with E-state index in [9.17, 15) is 9.59 Å². The fraction of sp³-hybridized carbons (Fsp3) is 0.231. The van der Waals surface area contributed by atoms with E-state index < -0.39 is 11.8 Å². The summed E-state index contributed by atoms with van der Waals surface area (Å²) in [7, 11) is 0. The molecule has 0 aromatic heterocycles. The molecule has 1 aromatic carbocycles. The molecule has 0 saturated carbocycles. The Morgan fingerprint density at radius 2 is 1.39 bits per heavy atom. The zero-order valence-electron chi connectivity index (χ0n) is 9.91. The van der Waals surface area contributed by atoms with Crippen LogP contribution in [0.15, 0.2) is 34.3 Å². The first-order valence-electron chi connectivity index (χ1n) is 5.47. The predicted molar refractivity (Wildman–Crippen MR) is 71.8 cm³/mol. The summed E-state index contributed by atoms with van der Waals surface area (Å²) in [5.41, 5.74) is 1.60. The van der Waals surface area contributed by atoms with Crippen LogP contribution in [0.5, 0.6) is 0 Å². The monoisotopic (exact) mass is 283 g/mol. The van der Waals surface area contributed by atoms with E-state index in [-0.39, 0.29) is 10.1 Å². The normalized spacial score (nSPS) is 16.2. The minimum absolute atomic E-state index is 0.227. The van der Waals surface area contributed by atoms with Crippen LogP contribution in [0.4, 0.5) is 5.69 Å². The highest BCUT2D eigenvalue weighted by atomic mass is 35.5. The molecule has 0 atom stereocenters. The van der Waals surface area contributed by atoms with E-state index in [4.69, 9.17) is 23.2 Å². The van der Waals surface area contributed by atoms with Gasteiger partial charge in [0.2, 0.25) is 0 Å². The highest BCUT2D eigenvalue weighted by Crippen LogP contribution is 2.31. The van der Waals surface area contributed by atoms with Crippen LogP contribution < -0.4 is 4.90 Å². The van der Waals surface area contributed by atoms with Crippen LogP contribution in [0.25, 0.3) is 0 Å². The molecule has 2 rings (SSSR count). The van der Waals surface area contributed by atoms with Crippen LogP contribution in [0.3, 0.4) is 0 Å². The highest BCUT2D eigenvalue weighted by molar-refractivity contribution is 6.62. The Bertz CT molecular complexity index is 523. The molecule has 1 aromatic rings. The third kappa shape index (κ3) is 2.04. The molecular weight excluding hydrogens is 273 g/mol. The lowest BCUT2D eigenvalue weighted by Gasteiger charge is -2.15. The van der Waals surface area contributed by atoms with Gasteiger partial charge in [-0.25, -0.2) is 4.90 Å². The number of rotatable bonds is 2. The lowest BCUT2D eigenvalue weighted by atomic mass is 10.0. The average Bonchev–Trinajstić information content (AvgIpc) is 2.54. The molecule has 5 heteroatoms. The summed E-state index contributed by atoms with van der Waals surface area (Å²) < 4.78 is 0. The average molecular weight is 284 g/mol. The van der Waals surface area contributed by atoms with Gasteiger partial charge in [0.05, 0.1) is 5.69 Å². The Balaban J connectivity index is 2.34. The Labute approximate surface area is 115 Å². The molecule has 1 aliphatic rings. The van der Waals surface area contributed by atoms with E-state index >= 15 is 0 Å². The van der Waals surface area contributed by atoms with Crippen molar-refractivity contribution >= 4 is 40.7 Å². The fourth-order valence-corrected chi connectivity index (χ4v) is 2.05. The molecule has 18 heavy (non-hydrogen) atoms. The standard InChI is InChI=1S/C13H11Cl2NO2/c1-7(2)8-3-5-9(6-4-8)16-12(17)10(14)11(15)13(16)18/h3-7H,1-2H3. The summed E-state index contributed by atoms with van der Waals surface area (Å²) in [5, 5.41) is -0.454. The maximum absolute atomic E-state index is 11.8. The van der Waals surface area contributed by atoms with E-state index in [1.54, 1.807) is 12.1 Å². The fourth-order valence-electron chi connectivity index (χ4n) is 1.72. The molecular formula is C13H11Cl2NO2. The lowest BCUT2D eigenvalue weighted by molar-refractivity contribution is -0.120. The first-order valence-corrected chi connectivity index (χ1v) is 6.23. The van der Waals surface area contributed by atoms with Crippen molar-refractivity contribution in [3.8, 4) is 0 Å². The van der Waals surface area contributed by atoms with Gasteiger partial charge in [-0.2, -0.15) is 0 Å². The molecule has 0 saturated heterocycles. The van der Waals surface area contributed by atoms with E-state index in [0.29, 0.717) is 11.6 Å². The van der Waals surface area contributed by atoms with E-state index in [1.807, 2.05) is 12.1 Å². The van der Waals surface area contributed by atoms with Crippen LogP contribution in [0, 0.1) is 0 Å². The minimum atomic E-state index is -0.580. The molecule has 0 N–H and O–H groups in total. The van der Waals surface area contributed by atoms with Crippen LogP contribution >= 0.6 is 23.2 Å². The second-order valence-electron chi connectivity index (χ2n) is 4.32. The smallest absolute Gasteiger partial charge is 0.267 e. The third-order valence-electron chi connectivity index (χ3n) is 2.79. The second kappa shape index (κ2) is 4.75. The molecule has 1 aliphatic heterocycles. The SMILES string of the molecule is CC(C)c1ccc(N2C(=O)C(Cl)=C(Cl)C2=O)cc1. The summed E-state index contributed by atoms with van der Waals surface area (Å²) >= 11 is 11.3. The number of carbonyl (C=O) groups excluding carboxylic acids is 2. The molecule has 1 heterocycles. The molecule has 0 bridgehead atoms. The number of benzene rings is 1. The molecule has 3 nitrogen and oxygen atoms in total. The van der Waals surface area contributed by atoms with Crippen molar-refractivity contribution in [2.45, 2.75) is 19.8 Å². The number of hydrogen-bond acceptors (Lipinski definition) is 2. The van der Waals surface area contributed by atoms with Crippen LogP contribution in [0.1, 0.15) is 25.3 Å². The maximum atomic E-state index is 11.8. The van der Waals surface area contributed by atoms with Crippen molar-refractivity contribution in [2.75, 3.05) is 4.90 Å². The number of anilines is 1. The van der Waals surface area contributed by atoms with E-state index in [2.05, 4.69) is 13.8 Å². The highest BCUT2D eigenvalue weighted by Gasteiger charge is 2.37. The van der Waals surface area contributed by atoms with Gasteiger partial charge < -0.3 is 0 Å². The zero-order chi connectivity index (χ0) is 13.4. The second-order valence-corrected chi connectivity index (χ2v) is 5.08. The molecule has 0 radical (unpaired) electrons. The largest absolute Gasteiger partial charge is 0.278 e. The van der Waals surface area contributed by atoms with Crippen LogP contribution in [-0.4, -0.2) is 11.8 Å². The number of carbonyl (C=O) groups is 2. The van der Waals surface area contributed by atoms with Crippen molar-refractivity contribution in [1.82, 2.24) is 0 Å². The van der Waals surface area contributed by atoms with Gasteiger partial charge in [-0.05, 0) is 23.6 Å². The van der Waals surface area contributed by atoms with Crippen LogP contribution in [-0.2, 0) is 9.59 Å². The van der Waals surface area contributed by atoms with Gasteiger partial charge >= 0.3 is 0 Å². The van der Waals surface area contributed by atoms with Gasteiger partial charge in [0.1, 0.15) is 10.1 Å². The molecule has 0 spiro atoms. The molecule has 0 aliphatic carbocycles. The molecule has 94 valence electrons. The van der Waals surface area contributed by atoms with Gasteiger partial charge in [-0.15, -0.1) is 0 Å². The number of halogens is 2. The number of amides is 2. The van der Waals surface area contributed by atoms with Gasteiger partial charge in [0.25, 0.3) is 11.8 Å². The van der Waals surface area contributed by atoms with Gasteiger partial charge in [0, 0.05) is 0 Å². The quantitative estimate of drug-likeness (QED) is 0.781. The van der Waals surface area contributed by atoms with E-state index in [0.717, 1.165) is 10.5 Å². The van der Waals surface area contributed by atoms with Crippen molar-refractivity contribution in [3.63, 3.8) is 0 Å². The van der Waals surface area contributed by atoms with Gasteiger partial charge in [-0.1, -0.05) is 49.2 Å². The Morgan fingerprint density at radius 3 is 1.78 bits per heavy atom. The number of imide groups is 1. The van der Waals surface area contributed by atoms with Crippen molar-refractivity contribution in [1.29, 1.82) is 0 Å². The van der Waals surface area contributed by atoms with Gasteiger partial charge in [-0.3, -0.25) is 9.59 Å². The Morgan fingerprint density at radius 1 is 0.944 bits per heavy atom. The molecule has 0 unspecified atom stereocenters. The Kier molecular flexibility index (Phi) is 3.46. The van der Waals surface area contributed by atoms with Crippen molar-refractivity contribution < 1.29 is 9.59 Å². The summed E-state index contributed by atoms with van der Waals surface area (Å²) in [6.07, 6.45) is 0. The first kappa shape index (κ1) is 13.1. The molecule has 0 fully saturated rings. The number of hydrogen-bond donors (Lipinski definition) is 0. The number of nitrogens with zero attached hydrogens (tertiary/aromatic N) is 1.